The normalized spacial score (nSPS) is 20.1. The van der Waals surface area contributed by atoms with E-state index in [9.17, 15) is 4.79 Å². The van der Waals surface area contributed by atoms with Crippen molar-refractivity contribution in [3.63, 3.8) is 0 Å². The van der Waals surface area contributed by atoms with Crippen molar-refractivity contribution < 1.29 is 12.6 Å². The molecule has 0 amide bonds. The average Bonchev–Trinajstić information content (AvgIpc) is 2.18. The van der Waals surface area contributed by atoms with E-state index in [4.69, 9.17) is 7.85 Å². The molecule has 0 radical (unpaired) electrons. The van der Waals surface area contributed by atoms with E-state index >= 15 is 0 Å². The zero-order valence-corrected chi connectivity index (χ0v) is 6.82. The summed E-state index contributed by atoms with van der Waals surface area (Å²) in [5, 5.41) is 8.67. The second-order valence-corrected chi connectivity index (χ2v) is 2.53. The van der Waals surface area contributed by atoms with Crippen molar-refractivity contribution in [2.75, 3.05) is 0 Å². The number of rotatable bonds is 3. The largest absolute Gasteiger partial charge is 0.481 e. The topological polar surface area (TPSA) is 37.3 Å². The van der Waals surface area contributed by atoms with Crippen LogP contribution in [0.3, 0.4) is 0 Å². The summed E-state index contributed by atoms with van der Waals surface area (Å²) >= 11 is 0. The molecule has 1 N–H and O–H groups in total. The van der Waals surface area contributed by atoms with Gasteiger partial charge in [0.05, 0.1) is 6.40 Å². The highest BCUT2D eigenvalue weighted by Crippen LogP contribution is 2.17. The minimum atomic E-state index is -1.47. The fourth-order valence-corrected chi connectivity index (χ4v) is 0.970. The van der Waals surface area contributed by atoms with Crippen LogP contribution >= 0.6 is 0 Å². The molecule has 0 unspecified atom stereocenters. The van der Waals surface area contributed by atoms with E-state index < -0.39 is 18.3 Å². The predicted molar refractivity (Wildman–Crippen MR) is 47.1 cm³/mol. The number of carbonyl (C=O) groups is 1. The van der Waals surface area contributed by atoms with E-state index in [-0.39, 0.29) is 0 Å². The molecule has 0 heterocycles. The fourth-order valence-electron chi connectivity index (χ4n) is 0.970. The second-order valence-electron chi connectivity index (χ2n) is 2.53. The van der Waals surface area contributed by atoms with Crippen molar-refractivity contribution in [3.05, 3.63) is 35.9 Å². The van der Waals surface area contributed by atoms with Crippen molar-refractivity contribution >= 4 is 5.97 Å². The van der Waals surface area contributed by atoms with Crippen LogP contribution in [0, 0.1) is 0 Å². The van der Waals surface area contributed by atoms with Gasteiger partial charge in [0.15, 0.2) is 0 Å². The van der Waals surface area contributed by atoms with Crippen LogP contribution in [0.5, 0.6) is 0 Å². The molecule has 0 spiro atoms. The zero-order chi connectivity index (χ0) is 10.8. The van der Waals surface area contributed by atoms with E-state index in [2.05, 4.69) is 0 Å². The molecular weight excluding hydrogens is 153 g/mol. The predicted octanol–water partition coefficient (Wildman–Crippen LogP) is 2.26. The van der Waals surface area contributed by atoms with Gasteiger partial charge in [-0.2, -0.15) is 0 Å². The van der Waals surface area contributed by atoms with E-state index in [0.717, 1.165) is 0 Å². The zero-order valence-electron chi connectivity index (χ0n) is 8.82. The SMILES string of the molecule is [2H][C@@H](C(=O)O)[13C@]([2H])(C)c1ccccc1. The first-order valence-electron chi connectivity index (χ1n) is 4.74. The Kier molecular flexibility index (Phi) is 2.03. The highest BCUT2D eigenvalue weighted by atomic mass is 16.4. The van der Waals surface area contributed by atoms with Gasteiger partial charge < -0.3 is 5.11 Å². The Balaban J connectivity index is 3.02. The van der Waals surface area contributed by atoms with Gasteiger partial charge in [0.25, 0.3) is 0 Å². The van der Waals surface area contributed by atoms with Gasteiger partial charge >= 0.3 is 5.97 Å². The third kappa shape index (κ3) is 2.38. The molecule has 2 atom stereocenters. The highest BCUT2D eigenvalue weighted by molar-refractivity contribution is 5.67. The van der Waals surface area contributed by atoms with Gasteiger partial charge in [-0.05, 0) is 11.5 Å². The smallest absolute Gasteiger partial charge is 0.303 e. The Morgan fingerprint density at radius 2 is 2.25 bits per heavy atom. The van der Waals surface area contributed by atoms with Crippen LogP contribution < -0.4 is 0 Å². The second kappa shape index (κ2) is 3.90. The van der Waals surface area contributed by atoms with Gasteiger partial charge in [-0.15, -0.1) is 0 Å². The minimum Gasteiger partial charge on any atom is -0.481 e. The van der Waals surface area contributed by atoms with E-state index in [1.54, 1.807) is 30.3 Å². The van der Waals surface area contributed by atoms with E-state index in [1.165, 1.54) is 6.92 Å². The molecular formula is C10H12O2. The molecule has 0 bridgehead atoms. The Labute approximate surface area is 74.7 Å². The van der Waals surface area contributed by atoms with Gasteiger partial charge in [0.1, 0.15) is 0 Å². The molecule has 1 aromatic carbocycles. The number of carboxylic acid groups (broad SMARTS) is 1. The first-order valence-corrected chi connectivity index (χ1v) is 3.67. The van der Waals surface area contributed by atoms with Gasteiger partial charge in [-0.1, -0.05) is 37.3 Å². The quantitative estimate of drug-likeness (QED) is 0.701. The molecule has 0 saturated heterocycles. The maximum atomic E-state index is 10.6. The van der Waals surface area contributed by atoms with Crippen molar-refractivity contribution in [2.45, 2.75) is 19.2 Å². The van der Waals surface area contributed by atoms with Gasteiger partial charge in [0.2, 0.25) is 0 Å². The average molecular weight is 167 g/mol. The minimum absolute atomic E-state index is 0.544. The number of hydrogen-bond acceptors (Lipinski definition) is 1. The van der Waals surface area contributed by atoms with Crippen LogP contribution in [-0.2, 0) is 4.79 Å². The Morgan fingerprint density at radius 1 is 1.67 bits per heavy atom. The molecule has 2 nitrogen and oxygen atoms in total. The molecule has 12 heavy (non-hydrogen) atoms. The molecule has 0 fully saturated rings. The Bertz CT molecular complexity index is 322. The summed E-state index contributed by atoms with van der Waals surface area (Å²) in [7, 11) is 0. The van der Waals surface area contributed by atoms with Crippen LogP contribution in [0.15, 0.2) is 30.3 Å². The van der Waals surface area contributed by atoms with Crippen molar-refractivity contribution in [1.29, 1.82) is 0 Å². The monoisotopic (exact) mass is 167 g/mol. The first-order chi connectivity index (χ1) is 6.46. The summed E-state index contributed by atoms with van der Waals surface area (Å²) < 4.78 is 15.2. The molecule has 0 aliphatic heterocycles. The molecule has 64 valence electrons. The van der Waals surface area contributed by atoms with Crippen LogP contribution in [0.2, 0.25) is 0 Å². The number of aliphatic carboxylic acids is 1. The van der Waals surface area contributed by atoms with Gasteiger partial charge in [0, 0.05) is 2.74 Å². The summed E-state index contributed by atoms with van der Waals surface area (Å²) in [4.78, 5) is 10.6. The van der Waals surface area contributed by atoms with E-state index in [0.29, 0.717) is 5.56 Å². The summed E-state index contributed by atoms with van der Waals surface area (Å²) in [6.45, 7) is 1.44. The summed E-state index contributed by atoms with van der Waals surface area (Å²) in [6, 6.07) is 8.58. The molecule has 0 aromatic heterocycles. The molecule has 1 rings (SSSR count). The van der Waals surface area contributed by atoms with Gasteiger partial charge in [-0.3, -0.25) is 4.79 Å². The van der Waals surface area contributed by atoms with Crippen molar-refractivity contribution in [2.24, 2.45) is 0 Å². The lowest BCUT2D eigenvalue weighted by Gasteiger charge is -2.07. The molecule has 0 aliphatic rings. The highest BCUT2D eigenvalue weighted by Gasteiger charge is 2.08. The van der Waals surface area contributed by atoms with Crippen LogP contribution in [0.25, 0.3) is 0 Å². The first kappa shape index (κ1) is 6.23. The van der Waals surface area contributed by atoms with E-state index in [1.807, 2.05) is 0 Å². The Morgan fingerprint density at radius 3 is 2.75 bits per heavy atom. The third-order valence-corrected chi connectivity index (χ3v) is 1.57. The Hall–Kier alpha value is -1.31. The molecule has 1 aromatic rings. The third-order valence-electron chi connectivity index (χ3n) is 1.57. The van der Waals surface area contributed by atoms with Crippen LogP contribution in [-0.4, -0.2) is 11.1 Å². The summed E-state index contributed by atoms with van der Waals surface area (Å²) in [5.74, 6) is -2.68. The number of hydrogen-bond donors (Lipinski definition) is 1. The lowest BCUT2D eigenvalue weighted by Crippen LogP contribution is -2.02. The maximum absolute atomic E-state index is 10.6. The van der Waals surface area contributed by atoms with Crippen LogP contribution in [0.1, 0.15) is 27.5 Å². The number of benzene rings is 1. The molecule has 0 aliphatic carbocycles. The molecule has 0 saturated carbocycles. The lowest BCUT2D eigenvalue weighted by atomic mass is 10.2. The van der Waals surface area contributed by atoms with Crippen molar-refractivity contribution in [3.8, 4) is 0 Å². The van der Waals surface area contributed by atoms with Crippen molar-refractivity contribution in [1.82, 2.24) is 0 Å². The number of carboxylic acids is 1. The fraction of sp³-hybridized carbons (Fsp3) is 0.300. The summed E-state index contributed by atoms with van der Waals surface area (Å²) in [5.41, 5.74) is 0.544. The molecule has 2 heteroatoms. The van der Waals surface area contributed by atoms with Crippen LogP contribution in [0.4, 0.5) is 0 Å². The standard InChI is InChI=1S/C10H12O2/c1-8(7-10(11)12)9-5-3-2-4-6-9/h2-6,8H,7H2,1H3,(H,11,12)/t8-/m0/s1/i7D,8+1D/t7-,8+/m1. The maximum Gasteiger partial charge on any atom is 0.303 e. The summed E-state index contributed by atoms with van der Waals surface area (Å²) in [6.07, 6.45) is -1.47. The lowest BCUT2D eigenvalue weighted by molar-refractivity contribution is -0.137. The van der Waals surface area contributed by atoms with Gasteiger partial charge in [-0.25, -0.2) is 0 Å².